The molecule has 6 aromatic rings. The average molecular weight is 804 g/mol. The molecule has 0 amide bonds. The van der Waals surface area contributed by atoms with E-state index in [-0.39, 0.29) is 0 Å². The van der Waals surface area contributed by atoms with Crippen LogP contribution in [0.5, 0.6) is 0 Å². The Bertz CT molecular complexity index is 1950. The number of aromatic nitrogens is 4. The van der Waals surface area contributed by atoms with Gasteiger partial charge < -0.3 is 0 Å². The van der Waals surface area contributed by atoms with Gasteiger partial charge in [0.1, 0.15) is 0 Å². The summed E-state index contributed by atoms with van der Waals surface area (Å²) in [7, 11) is 0. The first-order chi connectivity index (χ1) is 22.2. The van der Waals surface area contributed by atoms with Crippen molar-refractivity contribution in [1.29, 1.82) is 0 Å². The number of rotatable bonds is 4. The third-order valence-corrected chi connectivity index (χ3v) is 12.3. The minimum absolute atomic E-state index is 0.783. The molecule has 0 saturated carbocycles. The van der Waals surface area contributed by atoms with E-state index in [0.29, 0.717) is 0 Å². The van der Waals surface area contributed by atoms with Crippen LogP contribution < -0.4 is 0 Å². The second kappa shape index (κ2) is 12.5. The SMILES string of the molecule is Cc1cc(C)c(-n2ccn(-c3c(C)cc(C)cc3C)[c]2=[Pt]=[c]2n(-c3c(C)cc(C)cc3C)ccn2-c2c(C)cc(C)cc2C)c(C)c1. The molecular weight excluding hydrogens is 756 g/mol. The fourth-order valence-corrected chi connectivity index (χ4v) is 11.0. The molecule has 47 heavy (non-hydrogen) atoms. The Kier molecular flexibility index (Phi) is 8.78. The van der Waals surface area contributed by atoms with E-state index >= 15 is 0 Å². The van der Waals surface area contributed by atoms with Gasteiger partial charge in [-0.05, 0) is 0 Å². The van der Waals surface area contributed by atoms with Gasteiger partial charge in [0.2, 0.25) is 0 Å². The summed E-state index contributed by atoms with van der Waals surface area (Å²) in [4.78, 5) is 0. The summed E-state index contributed by atoms with van der Waals surface area (Å²) in [5, 5.41) is 0. The van der Waals surface area contributed by atoms with Crippen molar-refractivity contribution in [1.82, 2.24) is 18.3 Å². The van der Waals surface area contributed by atoms with Crippen LogP contribution in [-0.2, 0) is 17.6 Å². The van der Waals surface area contributed by atoms with Crippen molar-refractivity contribution >= 4 is 0 Å². The topological polar surface area (TPSA) is 19.7 Å². The van der Waals surface area contributed by atoms with Gasteiger partial charge in [0, 0.05) is 0 Å². The van der Waals surface area contributed by atoms with Crippen LogP contribution in [0.1, 0.15) is 66.8 Å². The number of nitrogens with zero attached hydrogens (tertiary/aromatic N) is 4. The molecule has 0 radical (unpaired) electrons. The molecule has 2 aromatic heterocycles. The van der Waals surface area contributed by atoms with Crippen molar-refractivity contribution < 1.29 is 17.6 Å². The zero-order valence-electron chi connectivity index (χ0n) is 30.0. The molecule has 246 valence electrons. The molecule has 4 nitrogen and oxygen atoms in total. The second-order valence-electron chi connectivity index (χ2n) is 13.6. The average Bonchev–Trinajstić information content (AvgIpc) is 3.51. The van der Waals surface area contributed by atoms with Gasteiger partial charge in [0.05, 0.1) is 0 Å². The van der Waals surface area contributed by atoms with Gasteiger partial charge in [0.25, 0.3) is 0 Å². The summed E-state index contributed by atoms with van der Waals surface area (Å²) >= 11 is -0.783. The van der Waals surface area contributed by atoms with E-state index in [1.807, 2.05) is 0 Å². The molecule has 6 rings (SSSR count). The van der Waals surface area contributed by atoms with Gasteiger partial charge in [-0.2, -0.15) is 0 Å². The normalized spacial score (nSPS) is 11.6. The van der Waals surface area contributed by atoms with Gasteiger partial charge in [0.15, 0.2) is 0 Å². The Labute approximate surface area is 288 Å². The Balaban J connectivity index is 1.91. The van der Waals surface area contributed by atoms with Crippen LogP contribution in [0.2, 0.25) is 0 Å². The van der Waals surface area contributed by atoms with Crippen LogP contribution in [-0.4, -0.2) is 18.3 Å². The van der Waals surface area contributed by atoms with Gasteiger partial charge in [-0.1, -0.05) is 0 Å². The van der Waals surface area contributed by atoms with E-state index < -0.39 is 17.6 Å². The number of hydrogen-bond donors (Lipinski definition) is 0. The first-order valence-corrected chi connectivity index (χ1v) is 18.7. The predicted octanol–water partition coefficient (Wildman–Crippen LogP) is 10.4. The first kappa shape index (κ1) is 32.9. The molecule has 0 spiro atoms. The molecule has 0 saturated heterocycles. The van der Waals surface area contributed by atoms with Crippen molar-refractivity contribution in [2.45, 2.75) is 83.1 Å². The van der Waals surface area contributed by atoms with Crippen LogP contribution in [0, 0.1) is 90.7 Å². The molecule has 0 unspecified atom stereocenters. The number of benzene rings is 4. The predicted molar refractivity (Wildman–Crippen MR) is 194 cm³/mol. The quantitative estimate of drug-likeness (QED) is 0.169. The maximum atomic E-state index is 2.49. The number of hydrogen-bond acceptors (Lipinski definition) is 0. The molecule has 0 fully saturated rings. The summed E-state index contributed by atoms with van der Waals surface area (Å²) in [6.07, 6.45) is 9.17. The van der Waals surface area contributed by atoms with Crippen LogP contribution in [0.15, 0.2) is 73.3 Å². The van der Waals surface area contributed by atoms with Crippen LogP contribution >= 0.6 is 0 Å². The molecule has 0 aliphatic carbocycles. The second-order valence-corrected chi connectivity index (χ2v) is 16.2. The standard InChI is InChI=1S/2C21H24N2.Pt/c2*1-14-9-16(3)20(17(4)10-14)22-7-8-23(13-22)21-18(5)11-15(2)12-19(21)6;/h2*7-12H,1-6H3;. The fraction of sp³-hybridized carbons (Fsp3) is 0.286. The molecule has 0 aliphatic heterocycles. The zero-order valence-corrected chi connectivity index (χ0v) is 32.3. The number of imidazole rings is 2. The molecule has 2 heterocycles. The molecular formula is C42H48N4Pt. The molecule has 0 aliphatic rings. The summed E-state index contributed by atoms with van der Waals surface area (Å²) in [6.45, 7) is 26.8. The monoisotopic (exact) mass is 803 g/mol. The maximum absolute atomic E-state index is 2.49. The van der Waals surface area contributed by atoms with Crippen molar-refractivity contribution in [3.8, 4) is 22.7 Å². The first-order valence-electron chi connectivity index (χ1n) is 16.4. The third kappa shape index (κ3) is 5.98. The van der Waals surface area contributed by atoms with Crippen molar-refractivity contribution in [3.05, 3.63) is 148 Å². The number of aryl methyl sites for hydroxylation is 12. The third-order valence-electron chi connectivity index (χ3n) is 9.11. The molecule has 0 N–H and O–H groups in total. The minimum atomic E-state index is -0.783. The van der Waals surface area contributed by atoms with Crippen LogP contribution in [0.25, 0.3) is 22.7 Å². The van der Waals surface area contributed by atoms with E-state index in [0.717, 1.165) is 0 Å². The molecule has 5 heteroatoms. The molecule has 0 atom stereocenters. The van der Waals surface area contributed by atoms with Gasteiger partial charge in [-0.15, -0.1) is 0 Å². The van der Waals surface area contributed by atoms with E-state index in [4.69, 9.17) is 0 Å². The Morgan fingerprint density at radius 1 is 0.298 bits per heavy atom. The van der Waals surface area contributed by atoms with Crippen LogP contribution in [0.4, 0.5) is 0 Å². The van der Waals surface area contributed by atoms with E-state index in [1.54, 1.807) is 0 Å². The Morgan fingerprint density at radius 2 is 0.468 bits per heavy atom. The van der Waals surface area contributed by atoms with Crippen LogP contribution in [0.3, 0.4) is 0 Å². The van der Waals surface area contributed by atoms with Gasteiger partial charge >= 0.3 is 289 Å². The van der Waals surface area contributed by atoms with Crippen molar-refractivity contribution in [2.24, 2.45) is 0 Å². The Hall–Kier alpha value is -4.01. The van der Waals surface area contributed by atoms with Crippen molar-refractivity contribution in [3.63, 3.8) is 0 Å². The summed E-state index contributed by atoms with van der Waals surface area (Å²) in [6, 6.07) is 18.5. The van der Waals surface area contributed by atoms with Gasteiger partial charge in [-0.3, -0.25) is 0 Å². The summed E-state index contributed by atoms with van der Waals surface area (Å²) in [5.41, 5.74) is 20.7. The summed E-state index contributed by atoms with van der Waals surface area (Å²) < 4.78 is 12.6. The molecule has 4 aromatic carbocycles. The fourth-order valence-electron chi connectivity index (χ4n) is 7.79. The molecule has 0 bridgehead atoms. The van der Waals surface area contributed by atoms with E-state index in [2.05, 4.69) is 175 Å². The van der Waals surface area contributed by atoms with Gasteiger partial charge in [-0.25, -0.2) is 0 Å². The Morgan fingerprint density at radius 3 is 0.638 bits per heavy atom. The van der Waals surface area contributed by atoms with E-state index in [9.17, 15) is 0 Å². The van der Waals surface area contributed by atoms with Crippen molar-refractivity contribution in [2.75, 3.05) is 0 Å². The summed E-state index contributed by atoms with van der Waals surface area (Å²) in [5.74, 6) is 0. The zero-order chi connectivity index (χ0) is 33.9. The van der Waals surface area contributed by atoms with E-state index in [1.165, 1.54) is 97.1 Å².